The number of phosphoric acid groups is 1. The van der Waals surface area contributed by atoms with Crippen LogP contribution in [0.4, 0.5) is 0 Å². The molecule has 1 rings (SSSR count). The second kappa shape index (κ2) is 5.11. The number of phosphoric ester groups is 1. The molecule has 0 aliphatic carbocycles. The van der Waals surface area contributed by atoms with E-state index in [1.54, 1.807) is 0 Å². The molecule has 0 aromatic heterocycles. The lowest BCUT2D eigenvalue weighted by molar-refractivity contribution is -0.0466. The summed E-state index contributed by atoms with van der Waals surface area (Å²) in [7, 11) is 0.747. The van der Waals surface area contributed by atoms with E-state index in [0.29, 0.717) is 13.1 Å². The van der Waals surface area contributed by atoms with E-state index in [2.05, 4.69) is 9.52 Å². The summed E-state index contributed by atoms with van der Waals surface area (Å²) < 4.78 is 20.4. The van der Waals surface area contributed by atoms with Crippen molar-refractivity contribution in [2.45, 2.75) is 6.04 Å². The summed E-state index contributed by atoms with van der Waals surface area (Å²) in [4.78, 5) is 15.1. The molecule has 1 heterocycles. The van der Waals surface area contributed by atoms with Crippen LogP contribution in [0.5, 0.6) is 0 Å². The second-order valence-corrected chi connectivity index (χ2v) is 5.14. The molecule has 8 nitrogen and oxygen atoms in total. The third-order valence-corrected chi connectivity index (χ3v) is 2.86. The van der Waals surface area contributed by atoms with Gasteiger partial charge in [0.2, 0.25) is 5.96 Å². The molecular weight excluding hydrogens is 235 g/mol. The highest BCUT2D eigenvalue weighted by molar-refractivity contribution is 7.47. The van der Waals surface area contributed by atoms with E-state index < -0.39 is 7.82 Å². The van der Waals surface area contributed by atoms with Gasteiger partial charge in [-0.2, -0.15) is 4.62 Å². The Morgan fingerprint density at radius 1 is 1.75 bits per heavy atom. The highest BCUT2D eigenvalue weighted by Gasteiger charge is 2.34. The van der Waals surface area contributed by atoms with E-state index in [1.165, 1.54) is 0 Å². The number of hydrogen-bond acceptors (Lipinski definition) is 7. The molecule has 0 fully saturated rings. The van der Waals surface area contributed by atoms with Crippen LogP contribution in [0.25, 0.3) is 0 Å². The maximum atomic E-state index is 11.3. The number of hydroxylamine groups is 2. The van der Waals surface area contributed by atoms with E-state index in [-0.39, 0.29) is 12.0 Å². The van der Waals surface area contributed by atoms with E-state index in [1.807, 2.05) is 19.0 Å². The molecule has 0 bridgehead atoms. The van der Waals surface area contributed by atoms with Crippen LogP contribution >= 0.6 is 7.82 Å². The average molecular weight is 252 g/mol. The molecule has 1 unspecified atom stereocenters. The quantitative estimate of drug-likeness (QED) is 0.619. The molecule has 0 aromatic rings. The van der Waals surface area contributed by atoms with E-state index in [4.69, 9.17) is 10.4 Å². The molecule has 94 valence electrons. The molecule has 0 radical (unpaired) electrons. The number of nitrogens with zero attached hydrogens (tertiary/aromatic N) is 3. The monoisotopic (exact) mass is 252 g/mol. The molecule has 9 heteroatoms. The molecule has 0 saturated carbocycles. The minimum Gasteiger partial charge on any atom is -0.368 e. The van der Waals surface area contributed by atoms with Crippen LogP contribution in [-0.2, 0) is 13.7 Å². The lowest BCUT2D eigenvalue weighted by Gasteiger charge is -2.27. The first-order valence-corrected chi connectivity index (χ1v) is 6.17. The average Bonchev–Trinajstić information content (AvgIpc) is 2.49. The van der Waals surface area contributed by atoms with Gasteiger partial charge in [0, 0.05) is 13.7 Å². The van der Waals surface area contributed by atoms with Crippen LogP contribution in [0.15, 0.2) is 4.99 Å². The zero-order valence-corrected chi connectivity index (χ0v) is 10.4. The number of likely N-dealkylation sites (N-methyl/N-ethyl adjacent to an activating group) is 1. The minimum atomic E-state index is -4.09. The van der Waals surface area contributed by atoms with E-state index in [9.17, 15) is 9.46 Å². The first-order valence-electron chi connectivity index (χ1n) is 4.68. The molecule has 2 atom stereocenters. The Morgan fingerprint density at radius 3 is 2.88 bits per heavy atom. The standard InChI is InChI=1S/C7H17N4O4P/c1-10(2)5-6-4-9-7(8)11(6)15-16(12,13)14-3/h6H,4-5H2,1-3H3,(H2,8,9)(H,12,13)/t6-/m0/s1. The number of rotatable bonds is 5. The van der Waals surface area contributed by atoms with Crippen LogP contribution in [-0.4, -0.2) is 61.2 Å². The highest BCUT2D eigenvalue weighted by Crippen LogP contribution is 2.43. The fraction of sp³-hybridized carbons (Fsp3) is 0.857. The topological polar surface area (TPSA) is 101 Å². The summed E-state index contributed by atoms with van der Waals surface area (Å²) in [5, 5.41) is 1.13. The van der Waals surface area contributed by atoms with Gasteiger partial charge in [0.05, 0.1) is 12.6 Å². The van der Waals surface area contributed by atoms with Gasteiger partial charge in [-0.25, -0.2) is 14.6 Å². The Balaban J connectivity index is 2.67. The predicted molar refractivity (Wildman–Crippen MR) is 58.6 cm³/mol. The fourth-order valence-electron chi connectivity index (χ4n) is 1.34. The summed E-state index contributed by atoms with van der Waals surface area (Å²) in [6.45, 7) is 1.03. The first-order chi connectivity index (χ1) is 7.35. The van der Waals surface area contributed by atoms with Crippen LogP contribution < -0.4 is 5.73 Å². The predicted octanol–water partition coefficient (Wildman–Crippen LogP) is -0.775. The highest BCUT2D eigenvalue weighted by atomic mass is 31.2. The van der Waals surface area contributed by atoms with Gasteiger partial charge < -0.3 is 15.5 Å². The van der Waals surface area contributed by atoms with Crippen molar-refractivity contribution in [2.75, 3.05) is 34.3 Å². The van der Waals surface area contributed by atoms with E-state index >= 15 is 0 Å². The van der Waals surface area contributed by atoms with Crippen molar-refractivity contribution in [1.82, 2.24) is 9.96 Å². The summed E-state index contributed by atoms with van der Waals surface area (Å²) in [6.07, 6.45) is 0. The maximum absolute atomic E-state index is 11.3. The molecule has 0 saturated heterocycles. The Morgan fingerprint density at radius 2 is 2.38 bits per heavy atom. The van der Waals surface area contributed by atoms with Gasteiger partial charge in [0.1, 0.15) is 0 Å². The zero-order chi connectivity index (χ0) is 12.3. The fourth-order valence-corrected chi connectivity index (χ4v) is 1.84. The Hall–Kier alpha value is -0.660. The van der Waals surface area contributed by atoms with Crippen LogP contribution in [0.3, 0.4) is 0 Å². The summed E-state index contributed by atoms with van der Waals surface area (Å²) >= 11 is 0. The van der Waals surface area contributed by atoms with Crippen molar-refractivity contribution in [1.29, 1.82) is 0 Å². The molecule has 1 aliphatic heterocycles. The van der Waals surface area contributed by atoms with Gasteiger partial charge in [0.25, 0.3) is 0 Å². The summed E-state index contributed by atoms with van der Waals surface area (Å²) in [5.41, 5.74) is 5.55. The number of hydrogen-bond donors (Lipinski definition) is 2. The second-order valence-electron chi connectivity index (χ2n) is 3.67. The Bertz CT molecular complexity index is 322. The van der Waals surface area contributed by atoms with Gasteiger partial charge in [-0.15, -0.1) is 0 Å². The molecule has 1 aliphatic rings. The molecular formula is C7H17N4O4P. The summed E-state index contributed by atoms with van der Waals surface area (Å²) in [5.74, 6) is 0.0816. The zero-order valence-electron chi connectivity index (χ0n) is 9.53. The third-order valence-electron chi connectivity index (χ3n) is 2.02. The van der Waals surface area contributed by atoms with Crippen molar-refractivity contribution < 1.29 is 18.6 Å². The number of aliphatic imine (C=N–C) groups is 1. The summed E-state index contributed by atoms with van der Waals surface area (Å²) in [6, 6.07) is -0.189. The lowest BCUT2D eigenvalue weighted by Crippen LogP contribution is -2.44. The number of nitrogens with two attached hydrogens (primary N) is 1. The number of guanidine groups is 1. The van der Waals surface area contributed by atoms with Crippen molar-refractivity contribution in [2.24, 2.45) is 10.7 Å². The van der Waals surface area contributed by atoms with Gasteiger partial charge in [0.15, 0.2) is 0 Å². The lowest BCUT2D eigenvalue weighted by atomic mass is 10.3. The van der Waals surface area contributed by atoms with Crippen LogP contribution in [0, 0.1) is 0 Å². The van der Waals surface area contributed by atoms with Crippen molar-refractivity contribution in [3.8, 4) is 0 Å². The molecule has 0 amide bonds. The Labute approximate surface area is 94.2 Å². The first kappa shape index (κ1) is 13.4. The maximum Gasteiger partial charge on any atom is 0.493 e. The third kappa shape index (κ3) is 3.43. The molecule has 16 heavy (non-hydrogen) atoms. The van der Waals surface area contributed by atoms with Crippen molar-refractivity contribution >= 4 is 13.8 Å². The van der Waals surface area contributed by atoms with E-state index in [0.717, 1.165) is 12.2 Å². The van der Waals surface area contributed by atoms with Gasteiger partial charge in [-0.05, 0) is 14.1 Å². The van der Waals surface area contributed by atoms with Crippen LogP contribution in [0.2, 0.25) is 0 Å². The molecule has 0 spiro atoms. The smallest absolute Gasteiger partial charge is 0.368 e. The largest absolute Gasteiger partial charge is 0.493 e. The normalized spacial score (nSPS) is 24.7. The van der Waals surface area contributed by atoms with Gasteiger partial charge in [-0.1, -0.05) is 0 Å². The molecule has 3 N–H and O–H groups in total. The van der Waals surface area contributed by atoms with Gasteiger partial charge in [-0.3, -0.25) is 4.52 Å². The SMILES string of the molecule is COP(=O)(O)ON1C(N)=NC[C@H]1CN(C)C. The minimum absolute atomic E-state index is 0.0816. The Kier molecular flexibility index (Phi) is 4.28. The van der Waals surface area contributed by atoms with Crippen LogP contribution in [0.1, 0.15) is 0 Å². The van der Waals surface area contributed by atoms with Crippen molar-refractivity contribution in [3.05, 3.63) is 0 Å². The molecule has 0 aromatic carbocycles. The van der Waals surface area contributed by atoms with Gasteiger partial charge >= 0.3 is 7.82 Å². The van der Waals surface area contributed by atoms with Crippen molar-refractivity contribution in [3.63, 3.8) is 0 Å².